The lowest BCUT2D eigenvalue weighted by Crippen LogP contribution is -1.95. The molecule has 0 bridgehead atoms. The lowest BCUT2D eigenvalue weighted by atomic mass is 10.4. The fourth-order valence-electron chi connectivity index (χ4n) is 1.44. The molecule has 0 saturated carbocycles. The average molecular weight is 209 g/mol. The summed E-state index contributed by atoms with van der Waals surface area (Å²) in [5.41, 5.74) is 0.757. The van der Waals surface area contributed by atoms with Crippen LogP contribution in [0.3, 0.4) is 0 Å². The Kier molecular flexibility index (Phi) is 1.85. The summed E-state index contributed by atoms with van der Waals surface area (Å²) in [6.45, 7) is 1.84. The number of imidazole rings is 1. The van der Waals surface area contributed by atoms with Crippen LogP contribution in [0.5, 0.6) is 0 Å². The van der Waals surface area contributed by atoms with Crippen molar-refractivity contribution in [3.8, 4) is 0 Å². The van der Waals surface area contributed by atoms with E-state index in [1.54, 1.807) is 0 Å². The third kappa shape index (κ3) is 1.29. The van der Waals surface area contributed by atoms with Gasteiger partial charge < -0.3 is 4.40 Å². The molecule has 0 fully saturated rings. The van der Waals surface area contributed by atoms with Crippen LogP contribution in [-0.2, 0) is 9.73 Å². The van der Waals surface area contributed by atoms with E-state index in [-0.39, 0.29) is 0 Å². The van der Waals surface area contributed by atoms with Crippen LogP contribution in [0.25, 0.3) is 5.52 Å². The van der Waals surface area contributed by atoms with Gasteiger partial charge in [0.25, 0.3) is 0 Å². The van der Waals surface area contributed by atoms with Crippen molar-refractivity contribution in [2.75, 3.05) is 6.26 Å². The number of fused-ring (bicyclic) bond motifs is 1. The van der Waals surface area contributed by atoms with Crippen molar-refractivity contribution in [2.24, 2.45) is 0 Å². The Morgan fingerprint density at radius 3 is 2.86 bits per heavy atom. The topological polar surface area (TPSA) is 58.2 Å². The molecule has 1 N–H and O–H groups in total. The fraction of sp³-hybridized carbons (Fsp3) is 0.222. The summed E-state index contributed by atoms with van der Waals surface area (Å²) in [4.78, 5) is 4.16. The number of pyridine rings is 1. The first kappa shape index (κ1) is 9.21. The molecule has 0 aromatic carbocycles. The maximum absolute atomic E-state index is 11.6. The average Bonchev–Trinajstić information content (AvgIpc) is 2.44. The number of nitrogens with zero attached hydrogens (tertiary/aromatic N) is 2. The van der Waals surface area contributed by atoms with Gasteiger partial charge in [0.15, 0.2) is 5.03 Å². The Bertz CT molecular complexity index is 583. The molecule has 2 aromatic heterocycles. The third-order valence-electron chi connectivity index (χ3n) is 2.06. The maximum atomic E-state index is 11.6. The summed E-state index contributed by atoms with van der Waals surface area (Å²) < 4.78 is 21.0. The van der Waals surface area contributed by atoms with E-state index < -0.39 is 9.73 Å². The van der Waals surface area contributed by atoms with E-state index in [0.29, 0.717) is 5.03 Å². The SMILES string of the molecule is Cc1nc(S(C)(=N)=O)c2ccccn12. The van der Waals surface area contributed by atoms with Crippen LogP contribution in [0, 0.1) is 11.7 Å². The van der Waals surface area contributed by atoms with E-state index in [4.69, 9.17) is 4.78 Å². The molecule has 2 rings (SSSR count). The second-order valence-corrected chi connectivity index (χ2v) is 5.34. The molecule has 14 heavy (non-hydrogen) atoms. The first-order valence-corrected chi connectivity index (χ1v) is 6.14. The Morgan fingerprint density at radius 2 is 2.21 bits per heavy atom. The highest BCUT2D eigenvalue weighted by Gasteiger charge is 2.13. The number of hydrogen-bond acceptors (Lipinski definition) is 3. The summed E-state index contributed by atoms with van der Waals surface area (Å²) in [5, 5.41) is 0.371. The Labute approximate surface area is 82.6 Å². The van der Waals surface area contributed by atoms with Gasteiger partial charge in [0.05, 0.1) is 15.2 Å². The van der Waals surface area contributed by atoms with Crippen LogP contribution >= 0.6 is 0 Å². The van der Waals surface area contributed by atoms with Crippen molar-refractivity contribution in [3.63, 3.8) is 0 Å². The van der Waals surface area contributed by atoms with E-state index >= 15 is 0 Å². The minimum atomic E-state index is -2.74. The van der Waals surface area contributed by atoms with Crippen molar-refractivity contribution in [3.05, 3.63) is 30.2 Å². The molecule has 74 valence electrons. The highest BCUT2D eigenvalue weighted by Crippen LogP contribution is 2.17. The van der Waals surface area contributed by atoms with E-state index in [2.05, 4.69) is 4.98 Å². The molecule has 0 amide bonds. The summed E-state index contributed by atoms with van der Waals surface area (Å²) >= 11 is 0. The molecule has 4 nitrogen and oxygen atoms in total. The molecule has 0 aliphatic rings. The molecule has 1 atom stereocenters. The van der Waals surface area contributed by atoms with Crippen LogP contribution in [-0.4, -0.2) is 19.8 Å². The van der Waals surface area contributed by atoms with Crippen molar-refractivity contribution in [1.29, 1.82) is 4.78 Å². The molecule has 0 radical (unpaired) electrons. The zero-order valence-electron chi connectivity index (χ0n) is 8.02. The predicted octanol–water partition coefficient (Wildman–Crippen LogP) is 1.68. The van der Waals surface area contributed by atoms with Crippen molar-refractivity contribution in [1.82, 2.24) is 9.38 Å². The minimum absolute atomic E-state index is 0.371. The van der Waals surface area contributed by atoms with Crippen molar-refractivity contribution in [2.45, 2.75) is 11.9 Å². The van der Waals surface area contributed by atoms with Gasteiger partial charge in [0.2, 0.25) is 0 Å². The smallest absolute Gasteiger partial charge is 0.161 e. The lowest BCUT2D eigenvalue weighted by Gasteiger charge is -1.96. The second kappa shape index (κ2) is 2.81. The van der Waals surface area contributed by atoms with Gasteiger partial charge in [0, 0.05) is 12.5 Å². The second-order valence-electron chi connectivity index (χ2n) is 3.26. The van der Waals surface area contributed by atoms with Crippen LogP contribution in [0.1, 0.15) is 5.82 Å². The number of aromatic nitrogens is 2. The lowest BCUT2D eigenvalue weighted by molar-refractivity contribution is 0.677. The van der Waals surface area contributed by atoms with E-state index in [0.717, 1.165) is 11.3 Å². The van der Waals surface area contributed by atoms with Crippen molar-refractivity contribution >= 4 is 15.2 Å². The number of hydrogen-bond donors (Lipinski definition) is 1. The predicted molar refractivity (Wildman–Crippen MR) is 55.0 cm³/mol. The minimum Gasteiger partial charge on any atom is -0.303 e. The monoisotopic (exact) mass is 209 g/mol. The molecule has 5 heteroatoms. The summed E-state index contributed by atoms with van der Waals surface area (Å²) in [5.74, 6) is 0.762. The zero-order chi connectivity index (χ0) is 10.3. The van der Waals surface area contributed by atoms with Gasteiger partial charge in [-0.1, -0.05) is 6.07 Å². The van der Waals surface area contributed by atoms with Crippen molar-refractivity contribution < 1.29 is 4.21 Å². The van der Waals surface area contributed by atoms with E-state index in [1.165, 1.54) is 6.26 Å². The first-order valence-electron chi connectivity index (χ1n) is 4.17. The summed E-state index contributed by atoms with van der Waals surface area (Å²) in [6, 6.07) is 5.56. The van der Waals surface area contributed by atoms with Crippen LogP contribution in [0.15, 0.2) is 29.4 Å². The highest BCUT2D eigenvalue weighted by molar-refractivity contribution is 7.91. The van der Waals surface area contributed by atoms with Gasteiger partial charge in [-0.25, -0.2) is 14.0 Å². The number of rotatable bonds is 1. The molecule has 2 aromatic rings. The summed E-state index contributed by atoms with van der Waals surface area (Å²) in [7, 11) is -2.74. The largest absolute Gasteiger partial charge is 0.303 e. The quantitative estimate of drug-likeness (QED) is 0.776. The molecule has 0 aliphatic heterocycles. The standard InChI is InChI=1S/C9H11N3OS/c1-7-11-9(14(2,10)13)8-5-3-4-6-12(7)8/h3-6,10H,1-2H3. The Hall–Kier alpha value is -1.36. The van der Waals surface area contributed by atoms with Gasteiger partial charge in [-0.3, -0.25) is 0 Å². The molecular formula is C9H11N3OS. The van der Waals surface area contributed by atoms with E-state index in [9.17, 15) is 4.21 Å². The molecule has 1 unspecified atom stereocenters. The van der Waals surface area contributed by atoms with E-state index in [1.807, 2.05) is 35.7 Å². The number of aryl methyl sites for hydroxylation is 1. The molecule has 0 saturated heterocycles. The maximum Gasteiger partial charge on any atom is 0.161 e. The zero-order valence-corrected chi connectivity index (χ0v) is 8.84. The summed E-state index contributed by atoms with van der Waals surface area (Å²) in [6.07, 6.45) is 3.24. The van der Waals surface area contributed by atoms with Gasteiger partial charge in [-0.2, -0.15) is 0 Å². The third-order valence-corrected chi connectivity index (χ3v) is 3.10. The fourth-order valence-corrected chi connectivity index (χ4v) is 2.32. The Balaban J connectivity index is 2.93. The van der Waals surface area contributed by atoms with Gasteiger partial charge in [-0.05, 0) is 19.1 Å². The van der Waals surface area contributed by atoms with Gasteiger partial charge in [-0.15, -0.1) is 0 Å². The van der Waals surface area contributed by atoms with Crippen LogP contribution in [0.4, 0.5) is 0 Å². The normalized spacial score (nSPS) is 15.6. The first-order chi connectivity index (χ1) is 6.50. The van der Waals surface area contributed by atoms with Gasteiger partial charge >= 0.3 is 0 Å². The molecule has 0 aliphatic carbocycles. The van der Waals surface area contributed by atoms with Gasteiger partial charge in [0.1, 0.15) is 5.82 Å². The molecule has 2 heterocycles. The highest BCUT2D eigenvalue weighted by atomic mass is 32.2. The molecule has 0 spiro atoms. The molecular weight excluding hydrogens is 198 g/mol. The number of nitrogens with one attached hydrogen (secondary N) is 1. The van der Waals surface area contributed by atoms with Crippen LogP contribution < -0.4 is 0 Å². The Morgan fingerprint density at radius 1 is 1.50 bits per heavy atom. The van der Waals surface area contributed by atoms with Crippen LogP contribution in [0.2, 0.25) is 0 Å².